The van der Waals surface area contributed by atoms with Crippen LogP contribution in [0.3, 0.4) is 0 Å². The summed E-state index contributed by atoms with van der Waals surface area (Å²) >= 11 is 6.07. The monoisotopic (exact) mass is 285 g/mol. The Labute approximate surface area is 110 Å². The van der Waals surface area contributed by atoms with Crippen LogP contribution in [0.1, 0.15) is 34.1 Å². The van der Waals surface area contributed by atoms with Crippen molar-refractivity contribution in [2.75, 3.05) is 25.5 Å². The second-order valence-electron chi connectivity index (χ2n) is 5.23. The average Bonchev–Trinajstić information content (AvgIpc) is 2.13. The average molecular weight is 286 g/mol. The van der Waals surface area contributed by atoms with Crippen LogP contribution in [0.15, 0.2) is 0 Å². The lowest BCUT2D eigenvalue weighted by Crippen LogP contribution is -2.34. The summed E-state index contributed by atoms with van der Waals surface area (Å²) in [6.45, 7) is 9.07. The molecule has 0 amide bonds. The molecule has 0 radical (unpaired) electrons. The SMILES string of the molecule is CCOCCS(=O)(=O)NCC(Cl)CC(C)(C)C. The Bertz CT molecular complexity index is 298. The van der Waals surface area contributed by atoms with Gasteiger partial charge >= 0.3 is 0 Å². The summed E-state index contributed by atoms with van der Waals surface area (Å²) in [6.07, 6.45) is 0.766. The molecule has 17 heavy (non-hydrogen) atoms. The minimum atomic E-state index is -3.26. The van der Waals surface area contributed by atoms with Gasteiger partial charge in [0, 0.05) is 18.5 Å². The van der Waals surface area contributed by atoms with Gasteiger partial charge in [-0.25, -0.2) is 13.1 Å². The van der Waals surface area contributed by atoms with E-state index < -0.39 is 10.0 Å². The van der Waals surface area contributed by atoms with Crippen molar-refractivity contribution in [2.45, 2.75) is 39.5 Å². The van der Waals surface area contributed by atoms with Gasteiger partial charge in [-0.15, -0.1) is 11.6 Å². The predicted molar refractivity (Wildman–Crippen MR) is 72.0 cm³/mol. The van der Waals surface area contributed by atoms with Gasteiger partial charge in [0.2, 0.25) is 10.0 Å². The van der Waals surface area contributed by atoms with Gasteiger partial charge in [0.1, 0.15) is 0 Å². The van der Waals surface area contributed by atoms with Crippen molar-refractivity contribution in [1.82, 2.24) is 4.72 Å². The van der Waals surface area contributed by atoms with E-state index in [4.69, 9.17) is 16.3 Å². The van der Waals surface area contributed by atoms with Crippen LogP contribution in [0.2, 0.25) is 0 Å². The maximum absolute atomic E-state index is 11.5. The van der Waals surface area contributed by atoms with Gasteiger partial charge in [0.05, 0.1) is 12.4 Å². The minimum absolute atomic E-state index is 0.0139. The lowest BCUT2D eigenvalue weighted by atomic mass is 9.90. The van der Waals surface area contributed by atoms with E-state index in [9.17, 15) is 8.42 Å². The van der Waals surface area contributed by atoms with Gasteiger partial charge in [-0.2, -0.15) is 0 Å². The van der Waals surface area contributed by atoms with Crippen LogP contribution >= 0.6 is 11.6 Å². The van der Waals surface area contributed by atoms with Crippen LogP contribution in [-0.2, 0) is 14.8 Å². The van der Waals surface area contributed by atoms with Crippen LogP contribution in [0.5, 0.6) is 0 Å². The predicted octanol–water partition coefficient (Wildman–Crippen LogP) is 1.99. The van der Waals surface area contributed by atoms with Crippen molar-refractivity contribution in [1.29, 1.82) is 0 Å². The standard InChI is InChI=1S/C11H24ClNO3S/c1-5-16-6-7-17(14,15)13-9-10(12)8-11(2,3)4/h10,13H,5-9H2,1-4H3. The molecule has 0 rings (SSSR count). The molecule has 1 atom stereocenters. The zero-order valence-electron chi connectivity index (χ0n) is 11.1. The summed E-state index contributed by atoms with van der Waals surface area (Å²) in [5, 5.41) is -0.183. The summed E-state index contributed by atoms with van der Waals surface area (Å²) in [5.41, 5.74) is 0.100. The molecule has 0 aliphatic heterocycles. The molecule has 1 N–H and O–H groups in total. The molecule has 0 aliphatic carbocycles. The lowest BCUT2D eigenvalue weighted by molar-refractivity contribution is 0.163. The number of nitrogens with one attached hydrogen (secondary N) is 1. The van der Waals surface area contributed by atoms with Gasteiger partial charge in [-0.05, 0) is 18.8 Å². The molecule has 0 spiro atoms. The molecule has 0 heterocycles. The van der Waals surface area contributed by atoms with Crippen LogP contribution in [0, 0.1) is 5.41 Å². The first-order valence-corrected chi connectivity index (χ1v) is 7.94. The summed E-state index contributed by atoms with van der Waals surface area (Å²) in [6, 6.07) is 0. The third kappa shape index (κ3) is 11.0. The molecule has 0 aliphatic rings. The Morgan fingerprint density at radius 2 is 1.94 bits per heavy atom. The first-order chi connectivity index (χ1) is 7.66. The normalized spacial score (nSPS) is 14.9. The van der Waals surface area contributed by atoms with Crippen molar-refractivity contribution >= 4 is 21.6 Å². The van der Waals surface area contributed by atoms with Crippen molar-refractivity contribution in [2.24, 2.45) is 5.41 Å². The fraction of sp³-hybridized carbons (Fsp3) is 1.00. The lowest BCUT2D eigenvalue weighted by Gasteiger charge is -2.21. The molecular weight excluding hydrogens is 262 g/mol. The molecular formula is C11H24ClNO3S. The van der Waals surface area contributed by atoms with Gasteiger partial charge in [0.25, 0.3) is 0 Å². The van der Waals surface area contributed by atoms with Crippen molar-refractivity contribution in [3.63, 3.8) is 0 Å². The van der Waals surface area contributed by atoms with Gasteiger partial charge < -0.3 is 4.74 Å². The van der Waals surface area contributed by atoms with E-state index in [2.05, 4.69) is 25.5 Å². The number of sulfonamides is 1. The maximum atomic E-state index is 11.5. The van der Waals surface area contributed by atoms with Crippen LogP contribution in [0.4, 0.5) is 0 Å². The van der Waals surface area contributed by atoms with Crippen LogP contribution < -0.4 is 4.72 Å². The molecule has 0 saturated carbocycles. The first kappa shape index (κ1) is 17.2. The number of halogens is 1. The Morgan fingerprint density at radius 1 is 1.35 bits per heavy atom. The molecule has 6 heteroatoms. The molecule has 0 aromatic rings. The summed E-state index contributed by atoms with van der Waals surface area (Å²) in [7, 11) is -3.26. The van der Waals surface area contributed by atoms with E-state index in [1.165, 1.54) is 0 Å². The van der Waals surface area contributed by atoms with Gasteiger partial charge in [-0.1, -0.05) is 20.8 Å². The molecule has 0 fully saturated rings. The highest BCUT2D eigenvalue weighted by molar-refractivity contribution is 7.89. The van der Waals surface area contributed by atoms with E-state index in [-0.39, 0.29) is 29.7 Å². The zero-order chi connectivity index (χ0) is 13.5. The fourth-order valence-corrected chi connectivity index (χ4v) is 2.91. The third-order valence-corrected chi connectivity index (χ3v) is 3.68. The number of hydrogen-bond donors (Lipinski definition) is 1. The van der Waals surface area contributed by atoms with E-state index in [1.54, 1.807) is 0 Å². The Balaban J connectivity index is 3.93. The van der Waals surface area contributed by atoms with Crippen molar-refractivity contribution in [3.05, 3.63) is 0 Å². The topological polar surface area (TPSA) is 55.4 Å². The Hall–Kier alpha value is 0.160. The minimum Gasteiger partial charge on any atom is -0.381 e. The number of alkyl halides is 1. The molecule has 104 valence electrons. The summed E-state index contributed by atoms with van der Waals surface area (Å²) in [5.74, 6) is -0.0139. The Morgan fingerprint density at radius 3 is 2.41 bits per heavy atom. The summed E-state index contributed by atoms with van der Waals surface area (Å²) in [4.78, 5) is 0. The van der Waals surface area contributed by atoms with Gasteiger partial charge in [-0.3, -0.25) is 0 Å². The third-order valence-electron chi connectivity index (χ3n) is 2.06. The number of rotatable bonds is 8. The van der Waals surface area contributed by atoms with Gasteiger partial charge in [0.15, 0.2) is 0 Å². The second kappa shape index (κ2) is 7.56. The molecule has 1 unspecified atom stereocenters. The Kier molecular flexibility index (Phi) is 7.63. The van der Waals surface area contributed by atoms with Crippen LogP contribution in [-0.4, -0.2) is 39.3 Å². The quantitative estimate of drug-likeness (QED) is 0.548. The van der Waals surface area contributed by atoms with Crippen molar-refractivity contribution in [3.8, 4) is 0 Å². The first-order valence-electron chi connectivity index (χ1n) is 5.85. The van der Waals surface area contributed by atoms with Crippen molar-refractivity contribution < 1.29 is 13.2 Å². The molecule has 0 bridgehead atoms. The van der Waals surface area contributed by atoms with E-state index in [1.807, 2.05) is 6.92 Å². The highest BCUT2D eigenvalue weighted by atomic mass is 35.5. The zero-order valence-corrected chi connectivity index (χ0v) is 12.7. The van der Waals surface area contributed by atoms with E-state index in [0.29, 0.717) is 6.61 Å². The van der Waals surface area contributed by atoms with E-state index >= 15 is 0 Å². The molecule has 4 nitrogen and oxygen atoms in total. The van der Waals surface area contributed by atoms with E-state index in [0.717, 1.165) is 6.42 Å². The second-order valence-corrected chi connectivity index (χ2v) is 7.77. The number of hydrogen-bond acceptors (Lipinski definition) is 3. The smallest absolute Gasteiger partial charge is 0.213 e. The highest BCUT2D eigenvalue weighted by Crippen LogP contribution is 2.23. The molecule has 0 aromatic carbocycles. The fourth-order valence-electron chi connectivity index (χ4n) is 1.34. The maximum Gasteiger partial charge on any atom is 0.213 e. The van der Waals surface area contributed by atoms with Crippen LogP contribution in [0.25, 0.3) is 0 Å². The summed E-state index contributed by atoms with van der Waals surface area (Å²) < 4.78 is 30.6. The number of ether oxygens (including phenoxy) is 1. The molecule has 0 saturated heterocycles. The highest BCUT2D eigenvalue weighted by Gasteiger charge is 2.19. The molecule has 0 aromatic heterocycles. The largest absolute Gasteiger partial charge is 0.381 e.